The zero-order chi connectivity index (χ0) is 19.8. The lowest BCUT2D eigenvalue weighted by Crippen LogP contribution is -2.33. The van der Waals surface area contributed by atoms with Gasteiger partial charge in [0.2, 0.25) is 4.96 Å². The van der Waals surface area contributed by atoms with Crippen LogP contribution in [0.1, 0.15) is 12.8 Å². The van der Waals surface area contributed by atoms with Crippen LogP contribution >= 0.6 is 11.3 Å². The number of ether oxygens (including phenoxy) is 3. The number of furan rings is 1. The van der Waals surface area contributed by atoms with Crippen molar-refractivity contribution < 1.29 is 18.6 Å². The van der Waals surface area contributed by atoms with Crippen LogP contribution in [0.5, 0.6) is 16.7 Å². The Hall–Kier alpha value is -2.78. The molecule has 4 heterocycles. The van der Waals surface area contributed by atoms with Crippen LogP contribution in [-0.2, 0) is 0 Å². The van der Waals surface area contributed by atoms with E-state index in [1.807, 2.05) is 24.4 Å². The van der Waals surface area contributed by atoms with Gasteiger partial charge in [0.25, 0.3) is 5.19 Å². The van der Waals surface area contributed by atoms with Crippen LogP contribution in [0, 0.1) is 5.92 Å². The van der Waals surface area contributed by atoms with Crippen LogP contribution in [-0.4, -0.2) is 48.5 Å². The topological polar surface area (TPSA) is 83.1 Å². The predicted molar refractivity (Wildman–Crippen MR) is 110 cm³/mol. The number of nitrogens with zero attached hydrogens (tertiary/aromatic N) is 3. The van der Waals surface area contributed by atoms with Crippen molar-refractivity contribution in [1.82, 2.24) is 19.9 Å². The number of nitrogens with one attached hydrogen (secondary N) is 1. The zero-order valence-electron chi connectivity index (χ0n) is 16.3. The average Bonchev–Trinajstić information content (AvgIpc) is 3.44. The maximum atomic E-state index is 6.19. The summed E-state index contributed by atoms with van der Waals surface area (Å²) in [5.41, 5.74) is 1.42. The molecule has 1 aromatic carbocycles. The molecule has 1 atom stereocenters. The Morgan fingerprint density at radius 2 is 2.21 bits per heavy atom. The Morgan fingerprint density at radius 3 is 2.97 bits per heavy atom. The molecule has 4 aromatic rings. The molecule has 0 saturated carbocycles. The smallest absolute Gasteiger partial charge is 0.294 e. The molecule has 29 heavy (non-hydrogen) atoms. The van der Waals surface area contributed by atoms with Crippen molar-refractivity contribution in [2.45, 2.75) is 12.8 Å². The summed E-state index contributed by atoms with van der Waals surface area (Å²) in [6.45, 7) is 2.75. The second kappa shape index (κ2) is 7.57. The molecule has 1 fully saturated rings. The highest BCUT2D eigenvalue weighted by Crippen LogP contribution is 2.37. The maximum Gasteiger partial charge on any atom is 0.294 e. The molecule has 0 radical (unpaired) electrons. The summed E-state index contributed by atoms with van der Waals surface area (Å²) in [6.07, 6.45) is 4.20. The molecule has 0 amide bonds. The molecule has 1 aliphatic rings. The van der Waals surface area contributed by atoms with Crippen molar-refractivity contribution in [3.8, 4) is 28.1 Å². The summed E-state index contributed by atoms with van der Waals surface area (Å²) >= 11 is 1.38. The monoisotopic (exact) mass is 414 g/mol. The van der Waals surface area contributed by atoms with E-state index in [9.17, 15) is 0 Å². The molecule has 0 bridgehead atoms. The van der Waals surface area contributed by atoms with Gasteiger partial charge < -0.3 is 23.9 Å². The van der Waals surface area contributed by atoms with Gasteiger partial charge in [-0.3, -0.25) is 0 Å². The summed E-state index contributed by atoms with van der Waals surface area (Å²) < 4.78 is 24.6. The van der Waals surface area contributed by atoms with E-state index in [4.69, 9.17) is 18.6 Å². The fourth-order valence-corrected chi connectivity index (χ4v) is 4.30. The van der Waals surface area contributed by atoms with Gasteiger partial charge in [0.1, 0.15) is 22.8 Å². The highest BCUT2D eigenvalue weighted by atomic mass is 32.1. The number of imidazole rings is 1. The van der Waals surface area contributed by atoms with E-state index in [1.54, 1.807) is 18.7 Å². The van der Waals surface area contributed by atoms with E-state index in [-0.39, 0.29) is 0 Å². The molecular formula is C20H22N4O4S. The number of hydrogen-bond donors (Lipinski definition) is 1. The zero-order valence-corrected chi connectivity index (χ0v) is 17.1. The number of fused-ring (bicyclic) bond motifs is 2. The third-order valence-corrected chi connectivity index (χ3v) is 6.02. The van der Waals surface area contributed by atoms with E-state index in [0.717, 1.165) is 29.2 Å². The van der Waals surface area contributed by atoms with Gasteiger partial charge in [-0.2, -0.15) is 0 Å². The molecule has 9 heteroatoms. The first-order chi connectivity index (χ1) is 14.2. The molecular weight excluding hydrogens is 392 g/mol. The Balaban J connectivity index is 1.47. The molecule has 152 valence electrons. The number of piperidine rings is 1. The van der Waals surface area contributed by atoms with Gasteiger partial charge in [-0.05, 0) is 36.8 Å². The van der Waals surface area contributed by atoms with Crippen molar-refractivity contribution in [3.63, 3.8) is 0 Å². The van der Waals surface area contributed by atoms with E-state index in [1.165, 1.54) is 24.2 Å². The second-order valence-electron chi connectivity index (χ2n) is 7.10. The van der Waals surface area contributed by atoms with Gasteiger partial charge in [0, 0.05) is 24.6 Å². The minimum absolute atomic E-state index is 0.511. The fourth-order valence-electron chi connectivity index (χ4n) is 3.60. The SMILES string of the molecule is COc1cc(OC[C@@H]2CCCNC2)c2cc(-c3cn4nc(OC)sc4n3)oc2c1. The van der Waals surface area contributed by atoms with Crippen LogP contribution < -0.4 is 19.5 Å². The Bertz CT molecular complexity index is 1110. The quantitative estimate of drug-likeness (QED) is 0.516. The number of hydrogen-bond acceptors (Lipinski definition) is 8. The molecule has 0 unspecified atom stereocenters. The van der Waals surface area contributed by atoms with Crippen molar-refractivity contribution in [1.29, 1.82) is 0 Å². The normalized spacial score (nSPS) is 17.1. The van der Waals surface area contributed by atoms with Crippen LogP contribution in [0.2, 0.25) is 0 Å². The Kier molecular flexibility index (Phi) is 4.76. The van der Waals surface area contributed by atoms with E-state index < -0.39 is 0 Å². The lowest BCUT2D eigenvalue weighted by molar-refractivity contribution is 0.220. The highest BCUT2D eigenvalue weighted by molar-refractivity contribution is 7.18. The first-order valence-electron chi connectivity index (χ1n) is 9.59. The van der Waals surface area contributed by atoms with E-state index in [0.29, 0.717) is 40.5 Å². The second-order valence-corrected chi connectivity index (χ2v) is 8.02. The number of benzene rings is 1. The molecule has 5 rings (SSSR count). The van der Waals surface area contributed by atoms with Gasteiger partial charge in [0.05, 0.1) is 32.4 Å². The predicted octanol–water partition coefficient (Wildman–Crippen LogP) is 3.60. The number of rotatable bonds is 6. The van der Waals surface area contributed by atoms with Crippen molar-refractivity contribution in [2.24, 2.45) is 5.92 Å². The lowest BCUT2D eigenvalue weighted by atomic mass is 10.0. The summed E-state index contributed by atoms with van der Waals surface area (Å²) in [5, 5.41) is 9.22. The van der Waals surface area contributed by atoms with Gasteiger partial charge in [-0.15, -0.1) is 5.10 Å². The molecule has 1 saturated heterocycles. The fraction of sp³-hybridized carbons (Fsp3) is 0.400. The lowest BCUT2D eigenvalue weighted by Gasteiger charge is -2.23. The van der Waals surface area contributed by atoms with Crippen LogP contribution in [0.25, 0.3) is 27.4 Å². The summed E-state index contributed by atoms with van der Waals surface area (Å²) in [5.74, 6) is 2.64. The van der Waals surface area contributed by atoms with Crippen LogP contribution in [0.3, 0.4) is 0 Å². The first kappa shape index (κ1) is 18.3. The summed E-state index contributed by atoms with van der Waals surface area (Å²) in [4.78, 5) is 5.35. The molecule has 1 N–H and O–H groups in total. The number of methoxy groups -OCH3 is 2. The van der Waals surface area contributed by atoms with Crippen LogP contribution in [0.4, 0.5) is 0 Å². The van der Waals surface area contributed by atoms with Crippen molar-refractivity contribution in [3.05, 3.63) is 24.4 Å². The summed E-state index contributed by atoms with van der Waals surface area (Å²) in [7, 11) is 3.24. The van der Waals surface area contributed by atoms with Crippen molar-refractivity contribution in [2.75, 3.05) is 33.9 Å². The molecule has 1 aliphatic heterocycles. The van der Waals surface area contributed by atoms with Gasteiger partial charge in [0.15, 0.2) is 5.76 Å². The summed E-state index contributed by atoms with van der Waals surface area (Å²) in [6, 6.07) is 5.75. The minimum Gasteiger partial charge on any atom is -0.496 e. The molecule has 3 aromatic heterocycles. The van der Waals surface area contributed by atoms with Gasteiger partial charge >= 0.3 is 0 Å². The third-order valence-electron chi connectivity index (χ3n) is 5.13. The number of aromatic nitrogens is 3. The average molecular weight is 414 g/mol. The van der Waals surface area contributed by atoms with Gasteiger partial charge in [-0.1, -0.05) is 0 Å². The molecule has 0 aliphatic carbocycles. The van der Waals surface area contributed by atoms with Crippen LogP contribution in [0.15, 0.2) is 28.8 Å². The Morgan fingerprint density at radius 1 is 1.28 bits per heavy atom. The molecule has 8 nitrogen and oxygen atoms in total. The maximum absolute atomic E-state index is 6.19. The van der Waals surface area contributed by atoms with E-state index in [2.05, 4.69) is 15.4 Å². The molecule has 0 spiro atoms. The first-order valence-corrected chi connectivity index (χ1v) is 10.4. The standard InChI is InChI=1S/C20H22N4O4S/c1-25-13-6-16(27-11-12-4-3-5-21-9-12)14-8-18(28-17(14)7-13)15-10-24-19(22-15)29-20(23-24)26-2/h6-8,10,12,21H,3-5,9,11H2,1-2H3/t12-/m1/s1. The minimum atomic E-state index is 0.511. The van der Waals surface area contributed by atoms with Gasteiger partial charge in [-0.25, -0.2) is 9.50 Å². The highest BCUT2D eigenvalue weighted by Gasteiger charge is 2.19. The largest absolute Gasteiger partial charge is 0.496 e. The Labute approximate surface area is 171 Å². The van der Waals surface area contributed by atoms with Crippen molar-refractivity contribution >= 4 is 27.3 Å². The van der Waals surface area contributed by atoms with E-state index >= 15 is 0 Å². The third kappa shape index (κ3) is 3.51.